The summed E-state index contributed by atoms with van der Waals surface area (Å²) < 4.78 is 16.4. The zero-order chi connectivity index (χ0) is 19.4. The second kappa shape index (κ2) is 8.14. The summed E-state index contributed by atoms with van der Waals surface area (Å²) in [6.45, 7) is 16.1. The number of hydrogen-bond acceptors (Lipinski definition) is 3. The Morgan fingerprint density at radius 2 is 1.15 bits per heavy atom. The molecule has 2 aromatic rings. The van der Waals surface area contributed by atoms with E-state index in [1.807, 2.05) is 12.1 Å². The monoisotopic (exact) mass is 353 g/mol. The van der Waals surface area contributed by atoms with E-state index in [0.717, 1.165) is 27.9 Å². The molecule has 0 radical (unpaired) electrons. The molecule has 138 valence electrons. The molecule has 0 unspecified atom stereocenters. The van der Waals surface area contributed by atoms with Crippen molar-refractivity contribution in [2.75, 3.05) is 21.3 Å². The Morgan fingerprint density at radius 1 is 0.731 bits per heavy atom. The summed E-state index contributed by atoms with van der Waals surface area (Å²) in [5, 5.41) is 0. The molecule has 0 heterocycles. The number of rotatable bonds is 6. The van der Waals surface area contributed by atoms with Crippen molar-refractivity contribution < 1.29 is 14.2 Å². The molecule has 0 amide bonds. The maximum Gasteiger partial charge on any atom is 0.203 e. The van der Waals surface area contributed by atoms with Crippen molar-refractivity contribution in [3.05, 3.63) is 46.8 Å². The first-order chi connectivity index (χ1) is 12.4. The zero-order valence-corrected chi connectivity index (χ0v) is 16.6. The van der Waals surface area contributed by atoms with Gasteiger partial charge in [-0.2, -0.15) is 0 Å². The van der Waals surface area contributed by atoms with Crippen LogP contribution in [0.4, 0.5) is 5.69 Å². The predicted octanol–water partition coefficient (Wildman–Crippen LogP) is 6.18. The van der Waals surface area contributed by atoms with E-state index in [1.54, 1.807) is 21.3 Å². The minimum absolute atomic E-state index is 0.263. The minimum atomic E-state index is 0.263. The van der Waals surface area contributed by atoms with Gasteiger partial charge in [0.1, 0.15) is 0 Å². The van der Waals surface area contributed by atoms with Gasteiger partial charge in [0.15, 0.2) is 17.2 Å². The second-order valence-electron chi connectivity index (χ2n) is 6.84. The van der Waals surface area contributed by atoms with Crippen LogP contribution < -0.4 is 14.2 Å². The Morgan fingerprint density at radius 3 is 1.46 bits per heavy atom. The van der Waals surface area contributed by atoms with Crippen LogP contribution in [-0.2, 0) is 0 Å². The summed E-state index contributed by atoms with van der Waals surface area (Å²) in [5.41, 5.74) is 4.92. The van der Waals surface area contributed by atoms with E-state index in [1.165, 1.54) is 0 Å². The van der Waals surface area contributed by atoms with Crippen LogP contribution in [0.25, 0.3) is 16.0 Å². The molecule has 0 aliphatic carbocycles. The molecule has 0 bridgehead atoms. The normalized spacial score (nSPS) is 10.8. The van der Waals surface area contributed by atoms with E-state index < -0.39 is 0 Å². The molecule has 0 saturated carbocycles. The maximum absolute atomic E-state index is 7.64. The average Bonchev–Trinajstić information content (AvgIpc) is 2.65. The molecule has 0 aliphatic rings. The number of hydrogen-bond donors (Lipinski definition) is 0. The van der Waals surface area contributed by atoms with Crippen LogP contribution in [-0.4, -0.2) is 21.3 Å². The summed E-state index contributed by atoms with van der Waals surface area (Å²) in [6, 6.07) is 8.10. The van der Waals surface area contributed by atoms with Crippen LogP contribution in [0.3, 0.4) is 0 Å². The molecule has 26 heavy (non-hydrogen) atoms. The smallest absolute Gasteiger partial charge is 0.203 e. The van der Waals surface area contributed by atoms with Crippen molar-refractivity contribution in [2.45, 2.75) is 39.5 Å². The Bertz CT molecular complexity index is 778. The third kappa shape index (κ3) is 3.62. The quantitative estimate of drug-likeness (QED) is 0.581. The summed E-state index contributed by atoms with van der Waals surface area (Å²) in [4.78, 5) is 3.82. The van der Waals surface area contributed by atoms with Crippen LogP contribution >= 0.6 is 0 Å². The van der Waals surface area contributed by atoms with Crippen LogP contribution in [0.5, 0.6) is 17.2 Å². The van der Waals surface area contributed by atoms with Crippen molar-refractivity contribution in [1.29, 1.82) is 0 Å². The standard InChI is InChI=1S/C22H27NO3/c1-13(2)17-9-15(10-18(14(3)4)21(17)23-5)16-11-19(24-6)22(26-8)20(12-16)25-7/h9-14H,1-4,6-8H3. The molecule has 0 spiro atoms. The molecule has 0 atom stereocenters. The summed E-state index contributed by atoms with van der Waals surface area (Å²) in [6.07, 6.45) is 0. The van der Waals surface area contributed by atoms with E-state index in [4.69, 9.17) is 20.8 Å². The Hall–Kier alpha value is -2.67. The van der Waals surface area contributed by atoms with Crippen molar-refractivity contribution in [3.8, 4) is 28.4 Å². The molecular weight excluding hydrogens is 326 g/mol. The fourth-order valence-electron chi connectivity index (χ4n) is 3.10. The highest BCUT2D eigenvalue weighted by Crippen LogP contribution is 2.44. The molecule has 4 nitrogen and oxygen atoms in total. The van der Waals surface area contributed by atoms with Crippen molar-refractivity contribution in [2.24, 2.45) is 0 Å². The highest BCUT2D eigenvalue weighted by atomic mass is 16.5. The maximum atomic E-state index is 7.64. The number of nitrogens with zero attached hydrogens (tertiary/aromatic N) is 1. The summed E-state index contributed by atoms with van der Waals surface area (Å²) >= 11 is 0. The lowest BCUT2D eigenvalue weighted by Crippen LogP contribution is -1.98. The molecule has 2 aromatic carbocycles. The zero-order valence-electron chi connectivity index (χ0n) is 16.6. The van der Waals surface area contributed by atoms with Gasteiger partial charge >= 0.3 is 0 Å². The molecular formula is C22H27NO3. The summed E-state index contributed by atoms with van der Waals surface area (Å²) in [7, 11) is 4.82. The fraction of sp³-hybridized carbons (Fsp3) is 0.409. The number of ether oxygens (including phenoxy) is 3. The van der Waals surface area contributed by atoms with E-state index in [9.17, 15) is 0 Å². The molecule has 2 rings (SSSR count). The third-order valence-corrected chi connectivity index (χ3v) is 4.52. The average molecular weight is 353 g/mol. The van der Waals surface area contributed by atoms with E-state index in [0.29, 0.717) is 17.2 Å². The highest BCUT2D eigenvalue weighted by molar-refractivity contribution is 5.76. The predicted molar refractivity (Wildman–Crippen MR) is 106 cm³/mol. The van der Waals surface area contributed by atoms with Gasteiger partial charge in [0, 0.05) is 0 Å². The van der Waals surface area contributed by atoms with Crippen LogP contribution in [0.1, 0.15) is 50.7 Å². The van der Waals surface area contributed by atoms with Gasteiger partial charge in [-0.1, -0.05) is 39.8 Å². The van der Waals surface area contributed by atoms with E-state index in [-0.39, 0.29) is 11.8 Å². The van der Waals surface area contributed by atoms with Gasteiger partial charge in [0.25, 0.3) is 0 Å². The van der Waals surface area contributed by atoms with Crippen molar-refractivity contribution >= 4 is 5.69 Å². The topological polar surface area (TPSA) is 32.0 Å². The largest absolute Gasteiger partial charge is 0.493 e. The van der Waals surface area contributed by atoms with Crippen LogP contribution in [0.15, 0.2) is 24.3 Å². The Kier molecular flexibility index (Phi) is 6.15. The molecule has 0 fully saturated rings. The SMILES string of the molecule is [C-]#[N+]c1c(C(C)C)cc(-c2cc(OC)c(OC)c(OC)c2)cc1C(C)C. The Balaban J connectivity index is 2.78. The summed E-state index contributed by atoms with van der Waals surface area (Å²) in [5.74, 6) is 2.34. The molecule has 0 saturated heterocycles. The Labute approximate surface area is 156 Å². The highest BCUT2D eigenvalue weighted by Gasteiger charge is 2.19. The molecule has 0 aromatic heterocycles. The van der Waals surface area contributed by atoms with Crippen molar-refractivity contribution in [3.63, 3.8) is 0 Å². The van der Waals surface area contributed by atoms with Gasteiger partial charge in [-0.3, -0.25) is 0 Å². The van der Waals surface area contributed by atoms with Crippen LogP contribution in [0.2, 0.25) is 0 Å². The number of methoxy groups -OCH3 is 3. The van der Waals surface area contributed by atoms with Gasteiger partial charge in [-0.05, 0) is 46.2 Å². The lowest BCUT2D eigenvalue weighted by molar-refractivity contribution is 0.324. The van der Waals surface area contributed by atoms with Gasteiger partial charge in [-0.15, -0.1) is 0 Å². The van der Waals surface area contributed by atoms with E-state index >= 15 is 0 Å². The van der Waals surface area contributed by atoms with Crippen molar-refractivity contribution in [1.82, 2.24) is 0 Å². The lowest BCUT2D eigenvalue weighted by Gasteiger charge is -2.19. The fourth-order valence-corrected chi connectivity index (χ4v) is 3.10. The lowest BCUT2D eigenvalue weighted by atomic mass is 9.88. The van der Waals surface area contributed by atoms with Gasteiger partial charge in [0.05, 0.1) is 27.9 Å². The van der Waals surface area contributed by atoms with Gasteiger partial charge < -0.3 is 14.2 Å². The number of benzene rings is 2. The van der Waals surface area contributed by atoms with E-state index in [2.05, 4.69) is 44.7 Å². The second-order valence-corrected chi connectivity index (χ2v) is 6.84. The molecule has 0 aliphatic heterocycles. The molecule has 0 N–H and O–H groups in total. The first kappa shape index (κ1) is 19.7. The van der Waals surface area contributed by atoms with Gasteiger partial charge in [0.2, 0.25) is 5.75 Å². The van der Waals surface area contributed by atoms with Crippen LogP contribution in [0, 0.1) is 6.57 Å². The van der Waals surface area contributed by atoms with Gasteiger partial charge in [-0.25, -0.2) is 4.85 Å². The minimum Gasteiger partial charge on any atom is -0.493 e. The first-order valence-corrected chi connectivity index (χ1v) is 8.73. The third-order valence-electron chi connectivity index (χ3n) is 4.52. The first-order valence-electron chi connectivity index (χ1n) is 8.73. The molecule has 4 heteroatoms.